The Labute approximate surface area is 94.4 Å². The van der Waals surface area contributed by atoms with Crippen molar-refractivity contribution in [2.24, 2.45) is 0 Å². The van der Waals surface area contributed by atoms with Crippen molar-refractivity contribution in [2.45, 2.75) is 26.4 Å². The Morgan fingerprint density at radius 2 is 2.25 bits per heavy atom. The summed E-state index contributed by atoms with van der Waals surface area (Å²) in [5.41, 5.74) is 0.503. The summed E-state index contributed by atoms with van der Waals surface area (Å²) < 4.78 is 5.98. The number of rotatable bonds is 5. The van der Waals surface area contributed by atoms with E-state index in [0.717, 1.165) is 0 Å². The van der Waals surface area contributed by atoms with Crippen LogP contribution in [0.3, 0.4) is 0 Å². The van der Waals surface area contributed by atoms with E-state index in [9.17, 15) is 5.21 Å². The number of nitrogens with zero attached hydrogens (tertiary/aromatic N) is 1. The lowest BCUT2D eigenvalue weighted by Crippen LogP contribution is -2.36. The maximum absolute atomic E-state index is 11.8. The van der Waals surface area contributed by atoms with Gasteiger partial charge in [0.2, 0.25) is 5.69 Å². The summed E-state index contributed by atoms with van der Waals surface area (Å²) in [6.07, 6.45) is 0.0581. The van der Waals surface area contributed by atoms with Gasteiger partial charge in [-0.1, -0.05) is 0 Å². The second-order valence-electron chi connectivity index (χ2n) is 3.75. The third kappa shape index (κ3) is 3.20. The number of pyridine rings is 1. The third-order valence-corrected chi connectivity index (χ3v) is 1.93. The van der Waals surface area contributed by atoms with Crippen LogP contribution < -0.4 is 9.47 Å². The first-order valence-corrected chi connectivity index (χ1v) is 5.10. The van der Waals surface area contributed by atoms with E-state index in [-0.39, 0.29) is 30.7 Å². The van der Waals surface area contributed by atoms with E-state index in [1.807, 2.05) is 13.8 Å². The predicted octanol–water partition coefficient (Wildman–Crippen LogP) is 0.662. The molecule has 0 saturated heterocycles. The van der Waals surface area contributed by atoms with Gasteiger partial charge < -0.3 is 20.5 Å². The molecule has 0 fully saturated rings. The van der Waals surface area contributed by atoms with Crippen LogP contribution in [0.2, 0.25) is 0 Å². The molecule has 16 heavy (non-hydrogen) atoms. The fraction of sp³-hybridized carbons (Fsp3) is 0.455. The molecule has 0 saturated carbocycles. The highest BCUT2D eigenvalue weighted by molar-refractivity contribution is 5.83. The van der Waals surface area contributed by atoms with Gasteiger partial charge in [0, 0.05) is 11.8 Å². The molecular weight excluding hydrogens is 208 g/mol. The van der Waals surface area contributed by atoms with Crippen LogP contribution in [0.5, 0.6) is 5.88 Å². The Balaban J connectivity index is 2.90. The van der Waals surface area contributed by atoms with Crippen molar-refractivity contribution in [2.75, 3.05) is 6.61 Å². The van der Waals surface area contributed by atoms with Crippen molar-refractivity contribution >= 4 is 5.71 Å². The number of hydrogen-bond donors (Lipinski definition) is 2. The Kier molecular flexibility index (Phi) is 4.25. The molecule has 0 spiro atoms. The van der Waals surface area contributed by atoms with Crippen LogP contribution in [0.4, 0.5) is 0 Å². The van der Waals surface area contributed by atoms with Gasteiger partial charge in [-0.3, -0.25) is 0 Å². The van der Waals surface area contributed by atoms with Crippen molar-refractivity contribution in [1.29, 1.82) is 5.41 Å². The van der Waals surface area contributed by atoms with Crippen molar-refractivity contribution < 1.29 is 14.6 Å². The normalized spacial score (nSPS) is 10.5. The number of nitrogens with one attached hydrogen (secondary N) is 1. The molecule has 1 rings (SSSR count). The monoisotopic (exact) mass is 224 g/mol. The van der Waals surface area contributed by atoms with Gasteiger partial charge in [-0.2, -0.15) is 0 Å². The summed E-state index contributed by atoms with van der Waals surface area (Å²) in [5, 5.41) is 27.8. The molecule has 1 heterocycles. The maximum atomic E-state index is 11.8. The molecule has 0 aliphatic rings. The van der Waals surface area contributed by atoms with Gasteiger partial charge in [0.15, 0.2) is 0 Å². The van der Waals surface area contributed by atoms with Crippen LogP contribution in [0.25, 0.3) is 0 Å². The van der Waals surface area contributed by atoms with E-state index in [2.05, 4.69) is 0 Å². The number of aliphatic hydroxyl groups is 1. The van der Waals surface area contributed by atoms with Crippen molar-refractivity contribution in [3.63, 3.8) is 0 Å². The Morgan fingerprint density at radius 3 is 2.81 bits per heavy atom. The van der Waals surface area contributed by atoms with Gasteiger partial charge in [0.25, 0.3) is 0 Å². The molecule has 0 radical (unpaired) electrons. The van der Waals surface area contributed by atoms with Gasteiger partial charge in [0.1, 0.15) is 0 Å². The molecular formula is C11H16N2O3. The number of ether oxygens (including phenoxy) is 1. The molecule has 0 aromatic carbocycles. The molecule has 1 aromatic rings. The minimum atomic E-state index is -0.338. The second kappa shape index (κ2) is 5.46. The second-order valence-corrected chi connectivity index (χ2v) is 3.75. The topological polar surface area (TPSA) is 80.2 Å². The SMILES string of the molecule is CC(C)Oc1cccc(CC(=N)CO)[n+]1[O-]. The van der Waals surface area contributed by atoms with E-state index in [0.29, 0.717) is 10.4 Å². The molecule has 5 heteroatoms. The molecule has 1 aromatic heterocycles. The highest BCUT2D eigenvalue weighted by atomic mass is 16.6. The molecule has 88 valence electrons. The van der Waals surface area contributed by atoms with E-state index >= 15 is 0 Å². The highest BCUT2D eigenvalue weighted by Crippen LogP contribution is 2.07. The van der Waals surface area contributed by atoms with Crippen LogP contribution in [-0.2, 0) is 6.42 Å². The Bertz CT molecular complexity index is 377. The van der Waals surface area contributed by atoms with Crippen LogP contribution in [0.1, 0.15) is 19.5 Å². The van der Waals surface area contributed by atoms with Crippen LogP contribution in [0, 0.1) is 10.6 Å². The first-order chi connectivity index (χ1) is 7.54. The molecule has 0 aliphatic carbocycles. The molecule has 0 amide bonds. The minimum absolute atomic E-state index is 0.0762. The first kappa shape index (κ1) is 12.4. The summed E-state index contributed by atoms with van der Waals surface area (Å²) in [4.78, 5) is 0. The van der Waals surface area contributed by atoms with Crippen molar-refractivity contribution in [3.05, 3.63) is 29.1 Å². The zero-order valence-corrected chi connectivity index (χ0v) is 9.43. The Hall–Kier alpha value is -1.62. The van der Waals surface area contributed by atoms with Crippen molar-refractivity contribution in [3.8, 4) is 5.88 Å². The summed E-state index contributed by atoms with van der Waals surface area (Å²) in [6, 6.07) is 4.90. The fourth-order valence-corrected chi connectivity index (χ4v) is 1.25. The van der Waals surface area contributed by atoms with Gasteiger partial charge >= 0.3 is 5.88 Å². The van der Waals surface area contributed by atoms with Gasteiger partial charge in [0.05, 0.1) is 25.2 Å². The third-order valence-electron chi connectivity index (χ3n) is 1.93. The lowest BCUT2D eigenvalue weighted by Gasteiger charge is -2.11. The number of aromatic nitrogens is 1. The number of hydrogen-bond acceptors (Lipinski definition) is 4. The van der Waals surface area contributed by atoms with Crippen LogP contribution >= 0.6 is 0 Å². The van der Waals surface area contributed by atoms with Gasteiger partial charge in [-0.15, -0.1) is 4.73 Å². The summed E-state index contributed by atoms with van der Waals surface area (Å²) >= 11 is 0. The standard InChI is InChI=1S/C11H16N2O3/c1-8(2)16-11-5-3-4-10(13(11)15)6-9(12)7-14/h3-5,8,12,14H,6-7H2,1-2H3. The quantitative estimate of drug-likeness (QED) is 0.438. The first-order valence-electron chi connectivity index (χ1n) is 5.10. The average molecular weight is 224 g/mol. The van der Waals surface area contributed by atoms with E-state index < -0.39 is 0 Å². The predicted molar refractivity (Wildman–Crippen MR) is 59.7 cm³/mol. The molecule has 2 N–H and O–H groups in total. The van der Waals surface area contributed by atoms with E-state index in [4.69, 9.17) is 15.3 Å². The molecule has 0 aliphatic heterocycles. The largest absolute Gasteiger partial charge is 0.616 e. The summed E-state index contributed by atoms with van der Waals surface area (Å²) in [6.45, 7) is 3.33. The van der Waals surface area contributed by atoms with Crippen molar-refractivity contribution in [1.82, 2.24) is 0 Å². The molecule has 0 atom stereocenters. The molecule has 0 unspecified atom stereocenters. The molecule has 5 nitrogen and oxygen atoms in total. The van der Waals surface area contributed by atoms with Crippen LogP contribution in [0.15, 0.2) is 18.2 Å². The fourth-order valence-electron chi connectivity index (χ4n) is 1.25. The zero-order chi connectivity index (χ0) is 12.1. The average Bonchev–Trinajstić information content (AvgIpc) is 2.23. The smallest absolute Gasteiger partial charge is 0.379 e. The lowest BCUT2D eigenvalue weighted by molar-refractivity contribution is -0.621. The van der Waals surface area contributed by atoms with E-state index in [1.54, 1.807) is 18.2 Å². The lowest BCUT2D eigenvalue weighted by atomic mass is 10.2. The Morgan fingerprint density at radius 1 is 1.56 bits per heavy atom. The van der Waals surface area contributed by atoms with Gasteiger partial charge in [-0.05, 0) is 19.9 Å². The maximum Gasteiger partial charge on any atom is 0.379 e. The van der Waals surface area contributed by atoms with Crippen LogP contribution in [-0.4, -0.2) is 23.5 Å². The zero-order valence-electron chi connectivity index (χ0n) is 9.43. The molecule has 0 bridgehead atoms. The summed E-state index contributed by atoms with van der Waals surface area (Å²) in [7, 11) is 0. The van der Waals surface area contributed by atoms with Gasteiger partial charge in [-0.25, -0.2) is 0 Å². The highest BCUT2D eigenvalue weighted by Gasteiger charge is 2.14. The number of aliphatic hydroxyl groups excluding tert-OH is 1. The van der Waals surface area contributed by atoms with E-state index in [1.165, 1.54) is 0 Å². The summed E-state index contributed by atoms with van der Waals surface area (Å²) in [5.74, 6) is 0.221. The minimum Gasteiger partial charge on any atom is -0.616 e.